The minimum Gasteiger partial charge on any atom is -0.454 e. The maximum absolute atomic E-state index is 6.69. The topological polar surface area (TPSA) is 28.7 Å². The van der Waals surface area contributed by atoms with Crippen LogP contribution in [0.4, 0.5) is 22.7 Å². The number of anilines is 3. The fraction of sp³-hybridized carbons (Fsp3) is 0.140. The number of rotatable bonds is 9. The molecule has 0 spiro atoms. The number of aryl methyl sites for hydroxylation is 2. The van der Waals surface area contributed by atoms with Crippen LogP contribution >= 0.6 is 0 Å². The second-order valence-electron chi connectivity index (χ2n) is 14.2. The standard InChI is InChI=1S/C50H42N2O/c1-4-35-16-8-9-19-40(35)48-33(2)15-12-24-45(48)52(46-25-14-22-43-42-20-10-11-26-47(42)53-50(43)46)39-31-29-37(30-32-39)41-21-13-23-44(49(41)38-27-28-38)51-34(3)36-17-6-5-7-18-36/h5-26,29-32,38H,4,27-28H2,1-3H3. The molecule has 9 rings (SSSR count). The van der Waals surface area contributed by atoms with Crippen LogP contribution in [0, 0.1) is 6.92 Å². The zero-order valence-electron chi connectivity index (χ0n) is 30.5. The highest BCUT2D eigenvalue weighted by Gasteiger charge is 2.30. The van der Waals surface area contributed by atoms with Crippen molar-refractivity contribution in [3.8, 4) is 22.3 Å². The van der Waals surface area contributed by atoms with Gasteiger partial charge in [0.1, 0.15) is 5.58 Å². The molecule has 0 N–H and O–H groups in total. The van der Waals surface area contributed by atoms with E-state index in [-0.39, 0.29) is 0 Å². The number of nitrogens with zero attached hydrogens (tertiary/aromatic N) is 2. The second-order valence-corrected chi connectivity index (χ2v) is 14.2. The van der Waals surface area contributed by atoms with E-state index in [0.717, 1.165) is 62.4 Å². The Kier molecular flexibility index (Phi) is 8.48. The van der Waals surface area contributed by atoms with E-state index in [1.54, 1.807) is 0 Å². The van der Waals surface area contributed by atoms with Crippen molar-refractivity contribution in [3.63, 3.8) is 0 Å². The van der Waals surface area contributed by atoms with Crippen LogP contribution in [0.25, 0.3) is 44.2 Å². The van der Waals surface area contributed by atoms with E-state index in [2.05, 4.69) is 177 Å². The molecule has 53 heavy (non-hydrogen) atoms. The lowest BCUT2D eigenvalue weighted by molar-refractivity contribution is 0.669. The average Bonchev–Trinajstić information content (AvgIpc) is 3.98. The van der Waals surface area contributed by atoms with E-state index < -0.39 is 0 Å². The molecule has 0 bridgehead atoms. The minimum absolute atomic E-state index is 0.531. The fourth-order valence-electron chi connectivity index (χ4n) is 8.00. The molecule has 7 aromatic carbocycles. The van der Waals surface area contributed by atoms with Gasteiger partial charge in [0.05, 0.1) is 17.1 Å². The van der Waals surface area contributed by atoms with Gasteiger partial charge in [-0.3, -0.25) is 4.99 Å². The predicted octanol–water partition coefficient (Wildman–Crippen LogP) is 14.3. The van der Waals surface area contributed by atoms with Crippen LogP contribution in [0.15, 0.2) is 167 Å². The first-order chi connectivity index (χ1) is 26.1. The SMILES string of the molecule is CCc1ccccc1-c1c(C)cccc1N(c1ccc(-c2cccc(N=C(C)c3ccccc3)c2C2CC2)cc1)c1cccc2c1oc1ccccc12. The van der Waals surface area contributed by atoms with Crippen LogP contribution in [0.5, 0.6) is 0 Å². The van der Waals surface area contributed by atoms with E-state index in [1.165, 1.54) is 51.8 Å². The Bertz CT molecular complexity index is 2630. The highest BCUT2D eigenvalue weighted by molar-refractivity contribution is 6.11. The van der Waals surface area contributed by atoms with Gasteiger partial charge in [-0.25, -0.2) is 0 Å². The number of fused-ring (bicyclic) bond motifs is 3. The third kappa shape index (κ3) is 6.02. The Morgan fingerprint density at radius 3 is 2.15 bits per heavy atom. The molecule has 1 fully saturated rings. The van der Waals surface area contributed by atoms with Gasteiger partial charge >= 0.3 is 0 Å². The summed E-state index contributed by atoms with van der Waals surface area (Å²) in [7, 11) is 0. The van der Waals surface area contributed by atoms with E-state index in [9.17, 15) is 0 Å². The molecule has 1 aliphatic rings. The normalized spacial score (nSPS) is 13.2. The van der Waals surface area contributed by atoms with Crippen molar-refractivity contribution in [2.45, 2.75) is 46.0 Å². The monoisotopic (exact) mass is 686 g/mol. The Balaban J connectivity index is 1.22. The quantitative estimate of drug-likeness (QED) is 0.141. The molecule has 3 nitrogen and oxygen atoms in total. The summed E-state index contributed by atoms with van der Waals surface area (Å²) in [4.78, 5) is 7.61. The molecular weight excluding hydrogens is 645 g/mol. The maximum atomic E-state index is 6.69. The molecule has 0 aliphatic heterocycles. The van der Waals surface area contributed by atoms with Crippen molar-refractivity contribution < 1.29 is 4.42 Å². The Morgan fingerprint density at radius 2 is 1.34 bits per heavy atom. The summed E-state index contributed by atoms with van der Waals surface area (Å²) in [6.07, 6.45) is 3.36. The molecule has 0 saturated heterocycles. The molecule has 0 atom stereocenters. The first kappa shape index (κ1) is 32.7. The predicted molar refractivity (Wildman–Crippen MR) is 224 cm³/mol. The first-order valence-corrected chi connectivity index (χ1v) is 18.8. The Labute approximate surface area is 311 Å². The number of aliphatic imine (C=N–C) groups is 1. The summed E-state index contributed by atoms with van der Waals surface area (Å²) >= 11 is 0. The van der Waals surface area contributed by atoms with Crippen molar-refractivity contribution in [1.29, 1.82) is 0 Å². The number of hydrogen-bond donors (Lipinski definition) is 0. The van der Waals surface area contributed by atoms with E-state index >= 15 is 0 Å². The highest BCUT2D eigenvalue weighted by Crippen LogP contribution is 2.50. The maximum Gasteiger partial charge on any atom is 0.159 e. The lowest BCUT2D eigenvalue weighted by atomic mass is 9.92. The minimum atomic E-state index is 0.531. The summed E-state index contributed by atoms with van der Waals surface area (Å²) in [5.41, 5.74) is 17.1. The molecule has 1 aliphatic carbocycles. The summed E-state index contributed by atoms with van der Waals surface area (Å²) in [6.45, 7) is 6.58. The molecule has 1 heterocycles. The van der Waals surface area contributed by atoms with Gasteiger partial charge in [-0.2, -0.15) is 0 Å². The molecule has 8 aromatic rings. The molecule has 258 valence electrons. The molecule has 0 radical (unpaired) electrons. The number of para-hydroxylation sites is 2. The van der Waals surface area contributed by atoms with Crippen molar-refractivity contribution in [1.82, 2.24) is 0 Å². The summed E-state index contributed by atoms with van der Waals surface area (Å²) in [5.74, 6) is 0.531. The van der Waals surface area contributed by atoms with Crippen molar-refractivity contribution in [2.75, 3.05) is 4.90 Å². The first-order valence-electron chi connectivity index (χ1n) is 18.8. The Hall–Kier alpha value is -6.19. The van der Waals surface area contributed by atoms with Crippen LogP contribution < -0.4 is 4.90 Å². The molecule has 0 unspecified atom stereocenters. The lowest BCUT2D eigenvalue weighted by Gasteiger charge is -2.29. The Morgan fingerprint density at radius 1 is 0.660 bits per heavy atom. The molecule has 1 saturated carbocycles. The van der Waals surface area contributed by atoms with Crippen LogP contribution in [0.2, 0.25) is 0 Å². The van der Waals surface area contributed by atoms with Gasteiger partial charge in [0.25, 0.3) is 0 Å². The highest BCUT2D eigenvalue weighted by atomic mass is 16.3. The largest absolute Gasteiger partial charge is 0.454 e. The van der Waals surface area contributed by atoms with Crippen molar-refractivity contribution >= 4 is 50.4 Å². The van der Waals surface area contributed by atoms with E-state index in [4.69, 9.17) is 9.41 Å². The number of hydrogen-bond acceptors (Lipinski definition) is 3. The third-order valence-corrected chi connectivity index (χ3v) is 10.8. The van der Waals surface area contributed by atoms with Gasteiger partial charge in [-0.1, -0.05) is 128 Å². The summed E-state index contributed by atoms with van der Waals surface area (Å²) in [5, 5.41) is 2.23. The molecule has 0 amide bonds. The fourth-order valence-corrected chi connectivity index (χ4v) is 8.00. The van der Waals surface area contributed by atoms with Gasteiger partial charge < -0.3 is 9.32 Å². The van der Waals surface area contributed by atoms with Gasteiger partial charge in [-0.05, 0) is 114 Å². The van der Waals surface area contributed by atoms with Gasteiger partial charge in [-0.15, -0.1) is 0 Å². The smallest absolute Gasteiger partial charge is 0.159 e. The second kappa shape index (κ2) is 13.7. The molecule has 1 aromatic heterocycles. The van der Waals surface area contributed by atoms with Gasteiger partial charge in [0.2, 0.25) is 0 Å². The van der Waals surface area contributed by atoms with Gasteiger partial charge in [0.15, 0.2) is 5.58 Å². The molecule has 3 heteroatoms. The van der Waals surface area contributed by atoms with Crippen LogP contribution in [-0.2, 0) is 6.42 Å². The number of furan rings is 1. The lowest BCUT2D eigenvalue weighted by Crippen LogP contribution is -2.12. The summed E-state index contributed by atoms with van der Waals surface area (Å²) < 4.78 is 6.69. The van der Waals surface area contributed by atoms with Crippen LogP contribution in [-0.4, -0.2) is 5.71 Å². The van der Waals surface area contributed by atoms with E-state index in [0.29, 0.717) is 5.92 Å². The van der Waals surface area contributed by atoms with Crippen LogP contribution in [0.3, 0.4) is 0 Å². The van der Waals surface area contributed by atoms with Crippen molar-refractivity contribution in [2.24, 2.45) is 4.99 Å². The van der Waals surface area contributed by atoms with Gasteiger partial charge in [0, 0.05) is 27.7 Å². The van der Waals surface area contributed by atoms with Crippen molar-refractivity contribution in [3.05, 3.63) is 180 Å². The van der Waals surface area contributed by atoms with Crippen LogP contribution in [0.1, 0.15) is 54.9 Å². The summed E-state index contributed by atoms with van der Waals surface area (Å²) in [6, 6.07) is 56.5. The molecular formula is C50H42N2O. The average molecular weight is 687 g/mol. The zero-order valence-corrected chi connectivity index (χ0v) is 30.5. The number of benzene rings is 7. The van der Waals surface area contributed by atoms with E-state index in [1.807, 2.05) is 6.07 Å². The third-order valence-electron chi connectivity index (χ3n) is 10.8. The zero-order chi connectivity index (χ0) is 35.9.